The number of nitrogens with zero attached hydrogens (tertiary/aromatic N) is 2. The van der Waals surface area contributed by atoms with Gasteiger partial charge in [-0.3, -0.25) is 14.4 Å². The maximum Gasteiger partial charge on any atom is 0.340 e. The molecular weight excluding hydrogens is 463 g/mol. The van der Waals surface area contributed by atoms with Gasteiger partial charge < -0.3 is 4.74 Å². The maximum absolute atomic E-state index is 13.1. The van der Waals surface area contributed by atoms with Crippen LogP contribution in [0.5, 0.6) is 0 Å². The molecule has 0 fully saturated rings. The molecule has 166 valence electrons. The first-order valence-corrected chi connectivity index (χ1v) is 10.9. The van der Waals surface area contributed by atoms with Crippen LogP contribution in [0.25, 0.3) is 0 Å². The normalized spacial score (nSPS) is 11.1. The molecule has 3 rings (SSSR count). The van der Waals surface area contributed by atoms with Crippen LogP contribution in [0.2, 0.25) is 5.02 Å². The second-order valence-corrected chi connectivity index (χ2v) is 8.97. The van der Waals surface area contributed by atoms with E-state index in [0.29, 0.717) is 5.56 Å². The number of benzene rings is 3. The summed E-state index contributed by atoms with van der Waals surface area (Å²) >= 11 is 6.06. The number of nitro groups is 1. The van der Waals surface area contributed by atoms with Gasteiger partial charge in [-0.15, -0.1) is 0 Å². The molecule has 0 aliphatic carbocycles. The number of ether oxygens (including phenoxy) is 1. The first-order chi connectivity index (χ1) is 15.1. The molecular formula is C21H16ClFN2O6S. The molecule has 8 nitrogen and oxygen atoms in total. The van der Waals surface area contributed by atoms with Gasteiger partial charge in [0.15, 0.2) is 0 Å². The number of nitro benzene ring substituents is 1. The molecule has 32 heavy (non-hydrogen) atoms. The molecule has 0 aliphatic heterocycles. The summed E-state index contributed by atoms with van der Waals surface area (Å²) in [6.45, 7) is -0.275. The predicted molar refractivity (Wildman–Crippen MR) is 116 cm³/mol. The number of hydrogen-bond acceptors (Lipinski definition) is 6. The summed E-state index contributed by atoms with van der Waals surface area (Å²) in [7, 11) is -2.80. The Morgan fingerprint density at radius 2 is 1.81 bits per heavy atom. The topological polar surface area (TPSA) is 107 Å². The molecule has 0 heterocycles. The summed E-state index contributed by atoms with van der Waals surface area (Å²) < 4.78 is 45.2. The van der Waals surface area contributed by atoms with Crippen molar-refractivity contribution in [2.24, 2.45) is 0 Å². The fraction of sp³-hybridized carbons (Fsp3) is 0.0952. The Bertz CT molecular complexity index is 1280. The van der Waals surface area contributed by atoms with E-state index in [0.717, 1.165) is 22.5 Å². The molecule has 0 N–H and O–H groups in total. The van der Waals surface area contributed by atoms with Crippen LogP contribution in [0.1, 0.15) is 15.9 Å². The summed E-state index contributed by atoms with van der Waals surface area (Å²) in [5, 5.41) is 10.8. The molecule has 0 saturated carbocycles. The van der Waals surface area contributed by atoms with Crippen LogP contribution in [0.4, 0.5) is 15.8 Å². The van der Waals surface area contributed by atoms with Crippen molar-refractivity contribution >= 4 is 39.0 Å². The Morgan fingerprint density at radius 3 is 2.47 bits per heavy atom. The number of anilines is 1. The minimum Gasteiger partial charge on any atom is -0.457 e. The number of sulfonamides is 1. The van der Waals surface area contributed by atoms with E-state index in [1.165, 1.54) is 49.5 Å². The Morgan fingerprint density at radius 1 is 1.12 bits per heavy atom. The van der Waals surface area contributed by atoms with Crippen molar-refractivity contribution in [2.75, 3.05) is 11.4 Å². The molecule has 0 aromatic heterocycles. The van der Waals surface area contributed by atoms with Crippen molar-refractivity contribution in [1.29, 1.82) is 0 Å². The molecule has 0 spiro atoms. The molecule has 0 bridgehead atoms. The van der Waals surface area contributed by atoms with Crippen molar-refractivity contribution < 1.29 is 27.3 Å². The average molecular weight is 479 g/mol. The molecule has 0 atom stereocenters. The third-order valence-corrected chi connectivity index (χ3v) is 6.61. The first-order valence-electron chi connectivity index (χ1n) is 9.04. The number of rotatable bonds is 7. The van der Waals surface area contributed by atoms with Crippen LogP contribution < -0.4 is 4.31 Å². The fourth-order valence-electron chi connectivity index (χ4n) is 2.76. The molecule has 0 aliphatic rings. The van der Waals surface area contributed by atoms with Crippen LogP contribution in [-0.4, -0.2) is 26.4 Å². The minimum atomic E-state index is -4.09. The number of carbonyl (C=O) groups excluding carboxylic acids is 1. The van der Waals surface area contributed by atoms with Crippen molar-refractivity contribution in [3.63, 3.8) is 0 Å². The summed E-state index contributed by atoms with van der Waals surface area (Å²) in [6.07, 6.45) is 0. The van der Waals surface area contributed by atoms with Crippen molar-refractivity contribution in [3.05, 3.63) is 98.8 Å². The fourth-order valence-corrected chi connectivity index (χ4v) is 4.17. The number of halogens is 2. The highest BCUT2D eigenvalue weighted by Crippen LogP contribution is 2.26. The lowest BCUT2D eigenvalue weighted by Crippen LogP contribution is -2.26. The Labute approximate surface area is 188 Å². The maximum atomic E-state index is 13.1. The Hall–Kier alpha value is -3.50. The summed E-state index contributed by atoms with van der Waals surface area (Å²) in [5.74, 6) is -1.41. The van der Waals surface area contributed by atoms with Crippen LogP contribution >= 0.6 is 11.6 Å². The first kappa shape index (κ1) is 23.2. The van der Waals surface area contributed by atoms with Crippen LogP contribution in [0, 0.1) is 15.9 Å². The van der Waals surface area contributed by atoms with Crippen molar-refractivity contribution in [2.45, 2.75) is 11.5 Å². The average Bonchev–Trinajstić information content (AvgIpc) is 2.77. The van der Waals surface area contributed by atoms with E-state index in [4.69, 9.17) is 16.3 Å². The Kier molecular flexibility index (Phi) is 6.75. The zero-order valence-electron chi connectivity index (χ0n) is 16.6. The van der Waals surface area contributed by atoms with Crippen LogP contribution in [0.15, 0.2) is 71.6 Å². The SMILES string of the molecule is CN(c1ccc(F)cc1)S(=O)(=O)c1ccc(Cl)c(C(=O)OCc2cccc([N+](=O)[O-])c2)c1. The van der Waals surface area contributed by atoms with E-state index < -0.39 is 26.7 Å². The van der Waals surface area contributed by atoms with Gasteiger partial charge in [-0.25, -0.2) is 17.6 Å². The van der Waals surface area contributed by atoms with Crippen molar-refractivity contribution in [3.8, 4) is 0 Å². The van der Waals surface area contributed by atoms with Crippen LogP contribution in [-0.2, 0) is 21.4 Å². The molecule has 3 aromatic carbocycles. The molecule has 11 heteroatoms. The highest BCUT2D eigenvalue weighted by Gasteiger charge is 2.24. The van der Waals surface area contributed by atoms with Gasteiger partial charge in [-0.1, -0.05) is 23.7 Å². The third kappa shape index (κ3) is 5.04. The smallest absolute Gasteiger partial charge is 0.340 e. The standard InChI is InChI=1S/C21H16ClFN2O6S/c1-24(16-7-5-15(23)6-8-16)32(29,30)18-9-10-20(22)19(12-18)21(26)31-13-14-3-2-4-17(11-14)25(27)28/h2-12H,13H2,1H3. The molecule has 0 saturated heterocycles. The van der Waals surface area contributed by atoms with Gasteiger partial charge in [-0.2, -0.15) is 0 Å². The summed E-state index contributed by atoms with van der Waals surface area (Å²) in [5.41, 5.74) is 0.249. The molecule has 0 radical (unpaired) electrons. The zero-order chi connectivity index (χ0) is 23.5. The minimum absolute atomic E-state index is 0.0302. The number of esters is 1. The quantitative estimate of drug-likeness (QED) is 0.280. The highest BCUT2D eigenvalue weighted by atomic mass is 35.5. The van der Waals surface area contributed by atoms with E-state index in [-0.39, 0.29) is 33.5 Å². The second kappa shape index (κ2) is 9.33. The van der Waals surface area contributed by atoms with Gasteiger partial charge >= 0.3 is 5.97 Å². The number of hydrogen-bond donors (Lipinski definition) is 0. The second-order valence-electron chi connectivity index (χ2n) is 6.59. The lowest BCUT2D eigenvalue weighted by Gasteiger charge is -2.20. The number of carbonyl (C=O) groups is 1. The van der Waals surface area contributed by atoms with Crippen LogP contribution in [0.3, 0.4) is 0 Å². The van der Waals surface area contributed by atoms with Gasteiger partial charge in [0.1, 0.15) is 12.4 Å². The summed E-state index contributed by atoms with van der Waals surface area (Å²) in [6, 6.07) is 14.0. The lowest BCUT2D eigenvalue weighted by atomic mass is 10.2. The van der Waals surface area contributed by atoms with E-state index in [9.17, 15) is 27.7 Å². The monoisotopic (exact) mass is 478 g/mol. The van der Waals surface area contributed by atoms with Gasteiger partial charge in [-0.05, 0) is 48.0 Å². The van der Waals surface area contributed by atoms with E-state index >= 15 is 0 Å². The molecule has 0 unspecified atom stereocenters. The molecule has 3 aromatic rings. The van der Waals surface area contributed by atoms with Gasteiger partial charge in [0.2, 0.25) is 0 Å². The van der Waals surface area contributed by atoms with E-state index in [1.807, 2.05) is 0 Å². The molecule has 0 amide bonds. The highest BCUT2D eigenvalue weighted by molar-refractivity contribution is 7.92. The van der Waals surface area contributed by atoms with Gasteiger partial charge in [0.05, 0.1) is 26.1 Å². The van der Waals surface area contributed by atoms with Crippen molar-refractivity contribution in [1.82, 2.24) is 0 Å². The Balaban J connectivity index is 1.83. The lowest BCUT2D eigenvalue weighted by molar-refractivity contribution is -0.384. The predicted octanol–water partition coefficient (Wildman–Crippen LogP) is 4.57. The number of non-ortho nitro benzene ring substituents is 1. The summed E-state index contributed by atoms with van der Waals surface area (Å²) in [4.78, 5) is 22.6. The third-order valence-electron chi connectivity index (χ3n) is 4.50. The largest absolute Gasteiger partial charge is 0.457 e. The zero-order valence-corrected chi connectivity index (χ0v) is 18.1. The van der Waals surface area contributed by atoms with Gasteiger partial charge in [0, 0.05) is 19.2 Å². The van der Waals surface area contributed by atoms with Gasteiger partial charge in [0.25, 0.3) is 15.7 Å². The van der Waals surface area contributed by atoms with E-state index in [1.54, 1.807) is 6.07 Å². The van der Waals surface area contributed by atoms with E-state index in [2.05, 4.69) is 0 Å².